The molecule has 0 bridgehead atoms. The molecule has 4 N–H and O–H groups in total. The average Bonchev–Trinajstić information content (AvgIpc) is 2.62. The highest BCUT2D eigenvalue weighted by Gasteiger charge is 2.13. The minimum atomic E-state index is -3.41. The van der Waals surface area contributed by atoms with E-state index in [-0.39, 0.29) is 30.5 Å². The molecule has 0 aromatic heterocycles. The number of ether oxygens (including phenoxy) is 1. The summed E-state index contributed by atoms with van der Waals surface area (Å²) in [6, 6.07) is 12.2. The molecule has 27 heavy (non-hydrogen) atoms. The lowest BCUT2D eigenvalue weighted by Crippen LogP contribution is -2.16. The maximum atomic E-state index is 12.2. The maximum Gasteiger partial charge on any atom is 0.232 e. The van der Waals surface area contributed by atoms with Crippen LogP contribution in [0.25, 0.3) is 0 Å². The number of carbonyl (C=O) groups is 1. The predicted octanol–water partition coefficient (Wildman–Crippen LogP) is 3.03. The van der Waals surface area contributed by atoms with Gasteiger partial charge in [0.25, 0.3) is 0 Å². The van der Waals surface area contributed by atoms with Crippen molar-refractivity contribution in [1.29, 1.82) is 0 Å². The highest BCUT2D eigenvalue weighted by atomic mass is 35.5. The molecule has 2 aromatic rings. The van der Waals surface area contributed by atoms with Crippen molar-refractivity contribution in [1.82, 2.24) is 0 Å². The second-order valence-electron chi connectivity index (χ2n) is 5.67. The third-order valence-corrected chi connectivity index (χ3v) is 5.10. The largest absolute Gasteiger partial charge is 0.494 e. The van der Waals surface area contributed by atoms with Crippen LogP contribution in [0.3, 0.4) is 0 Å². The summed E-state index contributed by atoms with van der Waals surface area (Å²) < 4.78 is 31.1. The Morgan fingerprint density at radius 3 is 2.52 bits per heavy atom. The number of anilines is 3. The fourth-order valence-electron chi connectivity index (χ4n) is 2.33. The molecule has 0 heterocycles. The lowest BCUT2D eigenvalue weighted by atomic mass is 10.1. The van der Waals surface area contributed by atoms with Gasteiger partial charge >= 0.3 is 0 Å². The van der Waals surface area contributed by atoms with E-state index in [4.69, 9.17) is 10.5 Å². The van der Waals surface area contributed by atoms with Gasteiger partial charge in [-0.2, -0.15) is 0 Å². The smallest absolute Gasteiger partial charge is 0.232 e. The summed E-state index contributed by atoms with van der Waals surface area (Å²) in [5, 5.41) is 2.77. The van der Waals surface area contributed by atoms with Crippen LogP contribution >= 0.6 is 12.4 Å². The van der Waals surface area contributed by atoms with Crippen LogP contribution in [0.15, 0.2) is 42.5 Å². The number of nitrogens with one attached hydrogen (secondary N) is 2. The molecule has 0 aliphatic heterocycles. The number of hydrogen-bond donors (Lipinski definition) is 3. The van der Waals surface area contributed by atoms with Gasteiger partial charge in [-0.3, -0.25) is 9.52 Å². The molecule has 0 unspecified atom stereocenters. The van der Waals surface area contributed by atoms with Crippen molar-refractivity contribution < 1.29 is 17.9 Å². The number of carbonyl (C=O) groups excluding carboxylic acids is 1. The number of sulfonamides is 1. The molecule has 0 aliphatic rings. The summed E-state index contributed by atoms with van der Waals surface area (Å²) in [5.74, 6) is 0.112. The number of rotatable bonds is 8. The van der Waals surface area contributed by atoms with Gasteiger partial charge in [-0.1, -0.05) is 18.2 Å². The molecule has 0 atom stereocenters. The van der Waals surface area contributed by atoms with Crippen LogP contribution in [0, 0.1) is 0 Å². The van der Waals surface area contributed by atoms with Crippen molar-refractivity contribution >= 4 is 45.4 Å². The Bertz CT molecular complexity index is 888. The van der Waals surface area contributed by atoms with E-state index < -0.39 is 10.0 Å². The minimum absolute atomic E-state index is 0. The Labute approximate surface area is 165 Å². The molecule has 1 amide bonds. The lowest BCUT2D eigenvalue weighted by Gasteiger charge is -2.13. The van der Waals surface area contributed by atoms with Crippen LogP contribution in [-0.2, 0) is 21.2 Å². The summed E-state index contributed by atoms with van der Waals surface area (Å²) in [7, 11) is -1.98. The molecule has 148 valence electrons. The van der Waals surface area contributed by atoms with Gasteiger partial charge in [0.15, 0.2) is 0 Å². The molecule has 0 aliphatic carbocycles. The van der Waals surface area contributed by atoms with Crippen LogP contribution < -0.4 is 20.5 Å². The SMILES string of the molecule is CCS(=O)(=O)Nc1ccc(NC(=O)CCc2ccccc2N)cc1OC.Cl. The summed E-state index contributed by atoms with van der Waals surface area (Å²) in [5.41, 5.74) is 8.30. The Morgan fingerprint density at radius 2 is 1.89 bits per heavy atom. The van der Waals surface area contributed by atoms with Gasteiger partial charge in [0.2, 0.25) is 15.9 Å². The Kier molecular flexibility index (Phi) is 8.39. The summed E-state index contributed by atoms with van der Waals surface area (Å²) >= 11 is 0. The molecular weight excluding hydrogens is 390 g/mol. The number of aryl methyl sites for hydroxylation is 1. The first kappa shape index (κ1) is 22.6. The predicted molar refractivity (Wildman–Crippen MR) is 111 cm³/mol. The lowest BCUT2D eigenvalue weighted by molar-refractivity contribution is -0.116. The highest BCUT2D eigenvalue weighted by molar-refractivity contribution is 7.92. The summed E-state index contributed by atoms with van der Waals surface area (Å²) in [6.07, 6.45) is 0.810. The number of nitrogen functional groups attached to an aromatic ring is 1. The van der Waals surface area contributed by atoms with E-state index in [0.29, 0.717) is 29.2 Å². The highest BCUT2D eigenvalue weighted by Crippen LogP contribution is 2.29. The number of methoxy groups -OCH3 is 1. The molecule has 2 rings (SSSR count). The second-order valence-corrected chi connectivity index (χ2v) is 7.68. The number of halogens is 1. The minimum Gasteiger partial charge on any atom is -0.494 e. The standard InChI is InChI=1S/C18H23N3O4S.ClH/c1-3-26(23,24)21-16-10-9-14(12-17(16)25-2)20-18(22)11-8-13-6-4-5-7-15(13)19;/h4-7,9-10,12,21H,3,8,11,19H2,1-2H3,(H,20,22);1H. The zero-order valence-electron chi connectivity index (χ0n) is 15.2. The first-order valence-corrected chi connectivity index (χ1v) is 9.81. The molecule has 0 saturated carbocycles. The molecule has 0 spiro atoms. The quantitative estimate of drug-likeness (QED) is 0.576. The van der Waals surface area contributed by atoms with E-state index in [1.807, 2.05) is 18.2 Å². The Hall–Kier alpha value is -2.45. The normalized spacial score (nSPS) is 10.6. The van der Waals surface area contributed by atoms with Crippen molar-refractivity contribution in [3.63, 3.8) is 0 Å². The zero-order valence-corrected chi connectivity index (χ0v) is 16.8. The second kappa shape index (κ2) is 10.0. The number of benzene rings is 2. The van der Waals surface area contributed by atoms with E-state index in [0.717, 1.165) is 5.56 Å². The van der Waals surface area contributed by atoms with Gasteiger partial charge in [0.05, 0.1) is 18.6 Å². The molecule has 0 radical (unpaired) electrons. The van der Waals surface area contributed by atoms with Crippen LogP contribution in [0.5, 0.6) is 5.75 Å². The first-order valence-electron chi connectivity index (χ1n) is 8.16. The number of nitrogens with two attached hydrogens (primary N) is 1. The summed E-state index contributed by atoms with van der Waals surface area (Å²) in [6.45, 7) is 1.54. The zero-order chi connectivity index (χ0) is 19.2. The first-order chi connectivity index (χ1) is 12.3. The average molecular weight is 414 g/mol. The van der Waals surface area contributed by atoms with Crippen molar-refractivity contribution in [2.45, 2.75) is 19.8 Å². The van der Waals surface area contributed by atoms with Gasteiger partial charge < -0.3 is 15.8 Å². The van der Waals surface area contributed by atoms with E-state index in [2.05, 4.69) is 10.0 Å². The number of hydrogen-bond acceptors (Lipinski definition) is 5. The topological polar surface area (TPSA) is 111 Å². The van der Waals surface area contributed by atoms with Gasteiger partial charge in [-0.05, 0) is 37.1 Å². The third-order valence-electron chi connectivity index (χ3n) is 3.81. The summed E-state index contributed by atoms with van der Waals surface area (Å²) in [4.78, 5) is 12.2. The van der Waals surface area contributed by atoms with Crippen molar-refractivity contribution in [2.24, 2.45) is 0 Å². The van der Waals surface area contributed by atoms with Gasteiger partial charge in [0.1, 0.15) is 5.75 Å². The number of amides is 1. The van der Waals surface area contributed by atoms with E-state index in [1.165, 1.54) is 7.11 Å². The fourth-order valence-corrected chi connectivity index (χ4v) is 2.97. The fraction of sp³-hybridized carbons (Fsp3) is 0.278. The van der Waals surface area contributed by atoms with E-state index in [9.17, 15) is 13.2 Å². The van der Waals surface area contributed by atoms with Crippen LogP contribution in [0.2, 0.25) is 0 Å². The third kappa shape index (κ3) is 6.65. The molecule has 2 aromatic carbocycles. The van der Waals surface area contributed by atoms with Gasteiger partial charge in [-0.25, -0.2) is 8.42 Å². The molecule has 0 saturated heterocycles. The molecule has 7 nitrogen and oxygen atoms in total. The van der Waals surface area contributed by atoms with Crippen molar-refractivity contribution in [2.75, 3.05) is 28.6 Å². The van der Waals surface area contributed by atoms with E-state index >= 15 is 0 Å². The monoisotopic (exact) mass is 413 g/mol. The van der Waals surface area contributed by atoms with Crippen LogP contribution in [0.1, 0.15) is 18.9 Å². The van der Waals surface area contributed by atoms with Crippen LogP contribution in [0.4, 0.5) is 17.1 Å². The Balaban J connectivity index is 0.00000364. The van der Waals surface area contributed by atoms with Gasteiger partial charge in [-0.15, -0.1) is 12.4 Å². The Morgan fingerprint density at radius 1 is 1.19 bits per heavy atom. The van der Waals surface area contributed by atoms with Crippen molar-refractivity contribution in [3.8, 4) is 5.75 Å². The number of para-hydroxylation sites is 1. The van der Waals surface area contributed by atoms with Gasteiger partial charge in [0, 0.05) is 23.9 Å². The molecular formula is C18H24ClN3O4S. The van der Waals surface area contributed by atoms with Crippen molar-refractivity contribution in [3.05, 3.63) is 48.0 Å². The molecule has 9 heteroatoms. The van der Waals surface area contributed by atoms with E-state index in [1.54, 1.807) is 31.2 Å². The maximum absolute atomic E-state index is 12.2. The molecule has 0 fully saturated rings. The van der Waals surface area contributed by atoms with Crippen LogP contribution in [-0.4, -0.2) is 27.2 Å².